The van der Waals surface area contributed by atoms with Gasteiger partial charge in [-0.15, -0.1) is 0 Å². The third kappa shape index (κ3) is 3.48. The van der Waals surface area contributed by atoms with E-state index in [1.54, 1.807) is 22.5 Å². The number of nitrogen functional groups attached to an aromatic ring is 1. The van der Waals surface area contributed by atoms with Gasteiger partial charge in [0.1, 0.15) is 0 Å². The molecule has 1 aromatic carbocycles. The Kier molecular flexibility index (Phi) is 5.38. The molecule has 4 nitrogen and oxygen atoms in total. The maximum Gasteiger partial charge on any atom is 0.243 e. The van der Waals surface area contributed by atoms with Crippen molar-refractivity contribution >= 4 is 15.7 Å². The van der Waals surface area contributed by atoms with Crippen LogP contribution in [-0.4, -0.2) is 25.3 Å². The smallest absolute Gasteiger partial charge is 0.243 e. The van der Waals surface area contributed by atoms with E-state index in [2.05, 4.69) is 0 Å². The molecule has 0 fully saturated rings. The molecule has 1 rings (SSSR count). The Bertz CT molecular complexity index is 524. The molecule has 0 atom stereocenters. The first-order chi connectivity index (χ1) is 8.84. The minimum absolute atomic E-state index is 0.0592. The van der Waals surface area contributed by atoms with Gasteiger partial charge in [0.15, 0.2) is 0 Å². The third-order valence-electron chi connectivity index (χ3n) is 3.08. The summed E-state index contributed by atoms with van der Waals surface area (Å²) in [6, 6.07) is 5.06. The average molecular weight is 284 g/mol. The zero-order valence-corrected chi connectivity index (χ0v) is 13.0. The molecule has 1 aromatic rings. The molecule has 0 bridgehead atoms. The molecule has 108 valence electrons. The van der Waals surface area contributed by atoms with Crippen LogP contribution in [0.25, 0.3) is 0 Å². The van der Waals surface area contributed by atoms with Crippen molar-refractivity contribution in [3.8, 4) is 0 Å². The Hall–Kier alpha value is -1.07. The fourth-order valence-electron chi connectivity index (χ4n) is 2.11. The van der Waals surface area contributed by atoms with Crippen LogP contribution in [0.2, 0.25) is 0 Å². The Balaban J connectivity index is 3.36. The second-order valence-electron chi connectivity index (χ2n) is 4.93. The van der Waals surface area contributed by atoms with E-state index < -0.39 is 10.0 Å². The average Bonchev–Trinajstić information content (AvgIpc) is 2.35. The SMILES string of the molecule is CCCN(C(C)C)S(=O)(=O)c1cc(N)ccc1CC. The highest BCUT2D eigenvalue weighted by molar-refractivity contribution is 7.89. The molecule has 0 radical (unpaired) electrons. The minimum Gasteiger partial charge on any atom is -0.399 e. The molecule has 0 spiro atoms. The zero-order chi connectivity index (χ0) is 14.6. The number of rotatable bonds is 6. The van der Waals surface area contributed by atoms with Crippen LogP contribution >= 0.6 is 0 Å². The highest BCUT2D eigenvalue weighted by Gasteiger charge is 2.28. The van der Waals surface area contributed by atoms with Crippen molar-refractivity contribution in [2.75, 3.05) is 12.3 Å². The van der Waals surface area contributed by atoms with Crippen LogP contribution in [0.1, 0.15) is 39.7 Å². The first kappa shape index (κ1) is 16.0. The lowest BCUT2D eigenvalue weighted by atomic mass is 10.1. The van der Waals surface area contributed by atoms with Gasteiger partial charge in [-0.3, -0.25) is 0 Å². The molecule has 0 saturated heterocycles. The van der Waals surface area contributed by atoms with Gasteiger partial charge >= 0.3 is 0 Å². The lowest BCUT2D eigenvalue weighted by molar-refractivity contribution is 0.354. The normalized spacial score (nSPS) is 12.3. The largest absolute Gasteiger partial charge is 0.399 e. The van der Waals surface area contributed by atoms with Gasteiger partial charge in [0.2, 0.25) is 10.0 Å². The van der Waals surface area contributed by atoms with Crippen LogP contribution in [0.4, 0.5) is 5.69 Å². The van der Waals surface area contributed by atoms with E-state index in [9.17, 15) is 8.42 Å². The molecular formula is C14H24N2O2S. The molecule has 0 aliphatic heterocycles. The number of aryl methyl sites for hydroxylation is 1. The van der Waals surface area contributed by atoms with Crippen LogP contribution in [0, 0.1) is 0 Å². The molecule has 0 aliphatic rings. The molecule has 19 heavy (non-hydrogen) atoms. The lowest BCUT2D eigenvalue weighted by Gasteiger charge is -2.26. The molecule has 0 heterocycles. The molecule has 2 N–H and O–H groups in total. The Morgan fingerprint density at radius 2 is 1.89 bits per heavy atom. The van der Waals surface area contributed by atoms with Gasteiger partial charge in [-0.25, -0.2) is 8.42 Å². The summed E-state index contributed by atoms with van der Waals surface area (Å²) in [5.74, 6) is 0. The van der Waals surface area contributed by atoms with Gasteiger partial charge in [-0.05, 0) is 44.4 Å². The first-order valence-electron chi connectivity index (χ1n) is 6.74. The van der Waals surface area contributed by atoms with Crippen molar-refractivity contribution in [1.82, 2.24) is 4.31 Å². The monoisotopic (exact) mass is 284 g/mol. The second-order valence-corrected chi connectivity index (χ2v) is 6.79. The fourth-order valence-corrected chi connectivity index (χ4v) is 4.17. The summed E-state index contributed by atoms with van der Waals surface area (Å²) in [6.07, 6.45) is 1.47. The van der Waals surface area contributed by atoms with Gasteiger partial charge in [0, 0.05) is 18.3 Å². The molecule has 0 amide bonds. The van der Waals surface area contributed by atoms with Crippen molar-refractivity contribution < 1.29 is 8.42 Å². The first-order valence-corrected chi connectivity index (χ1v) is 8.18. The Morgan fingerprint density at radius 3 is 2.37 bits per heavy atom. The van der Waals surface area contributed by atoms with E-state index in [-0.39, 0.29) is 6.04 Å². The number of nitrogens with two attached hydrogens (primary N) is 1. The number of hydrogen-bond donors (Lipinski definition) is 1. The summed E-state index contributed by atoms with van der Waals surface area (Å²) < 4.78 is 27.1. The third-order valence-corrected chi connectivity index (χ3v) is 5.24. The molecule has 0 aromatic heterocycles. The predicted molar refractivity (Wildman–Crippen MR) is 79.6 cm³/mol. The minimum atomic E-state index is -3.47. The zero-order valence-electron chi connectivity index (χ0n) is 12.2. The molecule has 0 saturated carbocycles. The topological polar surface area (TPSA) is 63.4 Å². The summed E-state index contributed by atoms with van der Waals surface area (Å²) in [6.45, 7) is 8.24. The second kappa shape index (κ2) is 6.39. The van der Waals surface area contributed by atoms with Crippen LogP contribution in [0.3, 0.4) is 0 Å². The molecular weight excluding hydrogens is 260 g/mol. The number of hydrogen-bond acceptors (Lipinski definition) is 3. The summed E-state index contributed by atoms with van der Waals surface area (Å²) >= 11 is 0. The fraction of sp³-hybridized carbons (Fsp3) is 0.571. The summed E-state index contributed by atoms with van der Waals surface area (Å²) in [7, 11) is -3.47. The number of anilines is 1. The van der Waals surface area contributed by atoms with Gasteiger partial charge in [-0.2, -0.15) is 4.31 Å². The summed E-state index contributed by atoms with van der Waals surface area (Å²) in [4.78, 5) is 0.345. The van der Waals surface area contributed by atoms with E-state index in [1.165, 1.54) is 0 Å². The van der Waals surface area contributed by atoms with Crippen molar-refractivity contribution in [1.29, 1.82) is 0 Å². The van der Waals surface area contributed by atoms with Crippen LogP contribution in [0.5, 0.6) is 0 Å². The van der Waals surface area contributed by atoms with Crippen LogP contribution < -0.4 is 5.73 Å². The van der Waals surface area contributed by atoms with E-state index in [1.807, 2.05) is 27.7 Å². The number of benzene rings is 1. The highest BCUT2D eigenvalue weighted by Crippen LogP contribution is 2.25. The maximum absolute atomic E-state index is 12.8. The highest BCUT2D eigenvalue weighted by atomic mass is 32.2. The quantitative estimate of drug-likeness (QED) is 0.817. The van der Waals surface area contributed by atoms with Crippen molar-refractivity contribution in [3.05, 3.63) is 23.8 Å². The van der Waals surface area contributed by atoms with Gasteiger partial charge in [-0.1, -0.05) is 19.9 Å². The maximum atomic E-state index is 12.8. The molecule has 0 aliphatic carbocycles. The molecule has 5 heteroatoms. The van der Waals surface area contributed by atoms with Crippen LogP contribution in [0.15, 0.2) is 23.1 Å². The van der Waals surface area contributed by atoms with Gasteiger partial charge in [0.25, 0.3) is 0 Å². The van der Waals surface area contributed by atoms with Crippen molar-refractivity contribution in [3.63, 3.8) is 0 Å². The van der Waals surface area contributed by atoms with E-state index in [0.717, 1.165) is 12.0 Å². The van der Waals surface area contributed by atoms with E-state index >= 15 is 0 Å². The predicted octanol–water partition coefficient (Wildman–Crippen LogP) is 2.64. The number of nitrogens with zero attached hydrogens (tertiary/aromatic N) is 1. The standard InChI is InChI=1S/C14H24N2O2S/c1-5-9-16(11(3)4)19(17,18)14-10-13(15)8-7-12(14)6-2/h7-8,10-11H,5-6,9,15H2,1-4H3. The van der Waals surface area contributed by atoms with Gasteiger partial charge < -0.3 is 5.73 Å². The Labute approximate surface area is 116 Å². The lowest BCUT2D eigenvalue weighted by Crippen LogP contribution is -2.38. The van der Waals surface area contributed by atoms with E-state index in [0.29, 0.717) is 23.5 Å². The summed E-state index contributed by atoms with van der Waals surface area (Å²) in [5.41, 5.74) is 7.04. The van der Waals surface area contributed by atoms with Crippen molar-refractivity contribution in [2.45, 2.75) is 51.5 Å². The van der Waals surface area contributed by atoms with E-state index in [4.69, 9.17) is 5.73 Å². The van der Waals surface area contributed by atoms with Crippen molar-refractivity contribution in [2.24, 2.45) is 0 Å². The molecule has 0 unspecified atom stereocenters. The van der Waals surface area contributed by atoms with Gasteiger partial charge in [0.05, 0.1) is 4.90 Å². The Morgan fingerprint density at radius 1 is 1.26 bits per heavy atom. The number of sulfonamides is 1. The summed E-state index contributed by atoms with van der Waals surface area (Å²) in [5, 5.41) is 0. The van der Waals surface area contributed by atoms with Crippen LogP contribution in [-0.2, 0) is 16.4 Å².